The van der Waals surface area contributed by atoms with Crippen LogP contribution in [0.15, 0.2) is 65.7 Å². The van der Waals surface area contributed by atoms with Gasteiger partial charge in [-0.2, -0.15) is 0 Å². The first-order valence-electron chi connectivity index (χ1n) is 13.9. The summed E-state index contributed by atoms with van der Waals surface area (Å²) < 4.78 is 11.1. The van der Waals surface area contributed by atoms with E-state index in [-0.39, 0.29) is 0 Å². The molecule has 2 aromatic rings. The molecule has 9 nitrogen and oxygen atoms in total. The van der Waals surface area contributed by atoms with Gasteiger partial charge in [0.1, 0.15) is 5.75 Å². The second-order valence-corrected chi connectivity index (χ2v) is 10.9. The summed E-state index contributed by atoms with van der Waals surface area (Å²) in [4.78, 5) is 29.1. The Bertz CT molecular complexity index is 1150. The van der Waals surface area contributed by atoms with Crippen LogP contribution in [0.4, 0.5) is 5.69 Å². The fraction of sp³-hybridized carbons (Fsp3) is 0.452. The lowest BCUT2D eigenvalue weighted by Gasteiger charge is -2.38. The number of carbonyl (C=O) groups is 2. The van der Waals surface area contributed by atoms with Crippen LogP contribution in [0.1, 0.15) is 36.8 Å². The molecule has 10 heteroatoms. The lowest BCUT2D eigenvalue weighted by Crippen LogP contribution is -2.45. The predicted octanol–water partition coefficient (Wildman–Crippen LogP) is 5.08. The Hall–Kier alpha value is -3.34. The average Bonchev–Trinajstić information content (AvgIpc) is 3.00. The SMILES string of the molecule is COc1ccc(CCOCCCCN2CCC(N(C)C3=Nc4ccccc4CS3)CC2)cc1.O=C(O)C=CC(=O)O. The van der Waals surface area contributed by atoms with Crippen LogP contribution in [0, 0.1) is 0 Å². The minimum Gasteiger partial charge on any atom is -0.497 e. The summed E-state index contributed by atoms with van der Waals surface area (Å²) in [6.45, 7) is 5.19. The van der Waals surface area contributed by atoms with E-state index >= 15 is 0 Å². The van der Waals surface area contributed by atoms with Crippen molar-refractivity contribution in [3.8, 4) is 5.75 Å². The Morgan fingerprint density at radius 1 is 1.02 bits per heavy atom. The highest BCUT2D eigenvalue weighted by Crippen LogP contribution is 2.32. The molecule has 0 bridgehead atoms. The fourth-order valence-corrected chi connectivity index (χ4v) is 5.70. The van der Waals surface area contributed by atoms with Crippen molar-refractivity contribution >= 4 is 34.6 Å². The van der Waals surface area contributed by atoms with Crippen LogP contribution in [-0.2, 0) is 26.5 Å². The molecule has 2 heterocycles. The van der Waals surface area contributed by atoms with Crippen LogP contribution >= 0.6 is 11.8 Å². The lowest BCUT2D eigenvalue weighted by atomic mass is 10.0. The first kappa shape index (κ1) is 32.2. The van der Waals surface area contributed by atoms with Gasteiger partial charge >= 0.3 is 11.9 Å². The molecule has 2 aromatic carbocycles. The summed E-state index contributed by atoms with van der Waals surface area (Å²) in [5, 5.41) is 16.8. The molecule has 2 N–H and O–H groups in total. The number of ether oxygens (including phenoxy) is 2. The monoisotopic (exact) mass is 583 g/mol. The molecule has 2 aliphatic heterocycles. The Labute approximate surface area is 246 Å². The normalized spacial score (nSPS) is 15.4. The van der Waals surface area contributed by atoms with Crippen molar-refractivity contribution < 1.29 is 29.3 Å². The maximum atomic E-state index is 9.55. The molecule has 2 aliphatic rings. The maximum absolute atomic E-state index is 9.55. The number of amidine groups is 1. The lowest BCUT2D eigenvalue weighted by molar-refractivity contribution is -0.134. The molecular formula is C31H41N3O6S. The summed E-state index contributed by atoms with van der Waals surface area (Å²) in [5.41, 5.74) is 3.78. The minimum absolute atomic E-state index is 0.558. The Kier molecular flexibility index (Phi) is 13.7. The zero-order valence-corrected chi connectivity index (χ0v) is 24.7. The van der Waals surface area contributed by atoms with Crippen molar-refractivity contribution in [2.75, 3.05) is 47.0 Å². The number of hydrogen-bond acceptors (Lipinski definition) is 8. The molecule has 1 fully saturated rings. The third-order valence-corrected chi connectivity index (χ3v) is 8.14. The first-order chi connectivity index (χ1) is 19.9. The number of thioether (sulfide) groups is 1. The first-order valence-corrected chi connectivity index (χ1v) is 14.9. The molecule has 222 valence electrons. The average molecular weight is 584 g/mol. The largest absolute Gasteiger partial charge is 0.497 e. The fourth-order valence-electron chi connectivity index (χ4n) is 4.65. The van der Waals surface area contributed by atoms with Gasteiger partial charge in [-0.25, -0.2) is 14.6 Å². The molecular weight excluding hydrogens is 542 g/mol. The summed E-state index contributed by atoms with van der Waals surface area (Å²) in [7, 11) is 3.92. The molecule has 41 heavy (non-hydrogen) atoms. The van der Waals surface area contributed by atoms with Crippen molar-refractivity contribution in [3.05, 3.63) is 71.8 Å². The van der Waals surface area contributed by atoms with Gasteiger partial charge in [-0.15, -0.1) is 0 Å². The van der Waals surface area contributed by atoms with E-state index in [4.69, 9.17) is 24.7 Å². The zero-order valence-electron chi connectivity index (χ0n) is 23.9. The Balaban J connectivity index is 0.000000507. The number of aliphatic imine (C=N–C) groups is 1. The van der Waals surface area contributed by atoms with Crippen LogP contribution in [-0.4, -0.2) is 90.2 Å². The quantitative estimate of drug-likeness (QED) is 0.261. The van der Waals surface area contributed by atoms with Gasteiger partial charge in [-0.05, 0) is 68.0 Å². The van der Waals surface area contributed by atoms with Crippen LogP contribution in [0.3, 0.4) is 0 Å². The number of methoxy groups -OCH3 is 1. The van der Waals surface area contributed by atoms with E-state index in [1.54, 1.807) is 7.11 Å². The van der Waals surface area contributed by atoms with Gasteiger partial charge in [0.2, 0.25) is 0 Å². The number of para-hydroxylation sites is 1. The van der Waals surface area contributed by atoms with E-state index in [9.17, 15) is 9.59 Å². The number of benzene rings is 2. The number of piperidine rings is 1. The number of aliphatic carboxylic acids is 2. The second-order valence-electron chi connectivity index (χ2n) is 9.92. The smallest absolute Gasteiger partial charge is 0.328 e. The van der Waals surface area contributed by atoms with Crippen molar-refractivity contribution in [2.45, 2.75) is 43.9 Å². The van der Waals surface area contributed by atoms with Crippen molar-refractivity contribution in [2.24, 2.45) is 4.99 Å². The highest BCUT2D eigenvalue weighted by atomic mass is 32.2. The summed E-state index contributed by atoms with van der Waals surface area (Å²) in [6, 6.07) is 17.4. The number of likely N-dealkylation sites (tertiary alicyclic amines) is 1. The number of nitrogens with zero attached hydrogens (tertiary/aromatic N) is 3. The number of carboxylic acids is 2. The van der Waals surface area contributed by atoms with Gasteiger partial charge in [-0.3, -0.25) is 0 Å². The molecule has 0 spiro atoms. The molecule has 0 unspecified atom stereocenters. The number of carboxylic acid groups (broad SMARTS) is 2. The van der Waals surface area contributed by atoms with Crippen LogP contribution in [0.25, 0.3) is 0 Å². The molecule has 0 amide bonds. The molecule has 1 saturated heterocycles. The summed E-state index contributed by atoms with van der Waals surface area (Å²) in [5.74, 6) is -0.581. The Morgan fingerprint density at radius 2 is 1.71 bits per heavy atom. The van der Waals surface area contributed by atoms with E-state index in [1.807, 2.05) is 23.9 Å². The molecule has 0 saturated carbocycles. The van der Waals surface area contributed by atoms with E-state index < -0.39 is 11.9 Å². The second kappa shape index (κ2) is 17.5. The van der Waals surface area contributed by atoms with E-state index in [1.165, 1.54) is 55.2 Å². The van der Waals surface area contributed by atoms with Crippen molar-refractivity contribution in [1.29, 1.82) is 0 Å². The third kappa shape index (κ3) is 11.6. The third-order valence-electron chi connectivity index (χ3n) is 7.05. The molecule has 0 atom stereocenters. The number of unbranched alkanes of at least 4 members (excludes halogenated alkanes) is 1. The maximum Gasteiger partial charge on any atom is 0.328 e. The van der Waals surface area contributed by atoms with Gasteiger partial charge in [0.05, 0.1) is 19.4 Å². The van der Waals surface area contributed by atoms with E-state index in [0.29, 0.717) is 18.2 Å². The zero-order chi connectivity index (χ0) is 29.5. The highest BCUT2D eigenvalue weighted by molar-refractivity contribution is 8.13. The van der Waals surface area contributed by atoms with Gasteiger partial charge in [0.25, 0.3) is 0 Å². The van der Waals surface area contributed by atoms with Gasteiger partial charge < -0.3 is 29.5 Å². The summed E-state index contributed by atoms with van der Waals surface area (Å²) >= 11 is 1.87. The van der Waals surface area contributed by atoms with Crippen LogP contribution in [0.2, 0.25) is 0 Å². The number of rotatable bonds is 12. The minimum atomic E-state index is -1.26. The van der Waals surface area contributed by atoms with Crippen molar-refractivity contribution in [3.63, 3.8) is 0 Å². The topological polar surface area (TPSA) is 112 Å². The highest BCUT2D eigenvalue weighted by Gasteiger charge is 2.26. The van der Waals surface area contributed by atoms with Gasteiger partial charge in [0, 0.05) is 50.7 Å². The van der Waals surface area contributed by atoms with E-state index in [2.05, 4.69) is 53.2 Å². The molecule has 0 aromatic heterocycles. The van der Waals surface area contributed by atoms with Crippen LogP contribution < -0.4 is 4.74 Å². The summed E-state index contributed by atoms with van der Waals surface area (Å²) in [6.07, 6.45) is 6.86. The standard InChI is InChI=1S/C27H37N3O2S.C4H4O4/c1-29(27-28-26-8-4-3-7-23(26)21-33-27)24-13-17-30(18-14-24)16-5-6-19-32-20-15-22-9-11-25(31-2)12-10-22;5-3(6)1-2-4(7)8/h3-4,7-12,24H,5-6,13-21H2,1-2H3;1-2H,(H,5,6)(H,7,8). The van der Waals surface area contributed by atoms with E-state index in [0.717, 1.165) is 43.2 Å². The predicted molar refractivity (Wildman–Crippen MR) is 163 cm³/mol. The molecule has 4 rings (SSSR count). The molecule has 0 aliphatic carbocycles. The number of hydrogen-bond donors (Lipinski definition) is 2. The number of fused-ring (bicyclic) bond motifs is 1. The van der Waals surface area contributed by atoms with Crippen molar-refractivity contribution in [1.82, 2.24) is 9.80 Å². The molecule has 0 radical (unpaired) electrons. The van der Waals surface area contributed by atoms with Gasteiger partial charge in [-0.1, -0.05) is 42.1 Å². The van der Waals surface area contributed by atoms with Gasteiger partial charge in [0.15, 0.2) is 5.17 Å². The Morgan fingerprint density at radius 3 is 2.37 bits per heavy atom. The van der Waals surface area contributed by atoms with Crippen LogP contribution in [0.5, 0.6) is 5.75 Å².